The minimum absolute atomic E-state index is 0.0584. The van der Waals surface area contributed by atoms with E-state index in [0.29, 0.717) is 5.69 Å². The summed E-state index contributed by atoms with van der Waals surface area (Å²) >= 11 is 6.59. The Kier molecular flexibility index (Phi) is 4.41. The van der Waals surface area contributed by atoms with Crippen molar-refractivity contribution in [1.82, 2.24) is 0 Å². The molecule has 7 heteroatoms. The van der Waals surface area contributed by atoms with Gasteiger partial charge in [-0.25, -0.2) is 8.42 Å². The van der Waals surface area contributed by atoms with Crippen LogP contribution in [0.3, 0.4) is 0 Å². The summed E-state index contributed by atoms with van der Waals surface area (Å²) in [5, 5.41) is 0. The molecule has 0 radical (unpaired) electrons. The average Bonchev–Trinajstić information content (AvgIpc) is 2.32. The number of hydrogen-bond donors (Lipinski definition) is 2. The highest BCUT2D eigenvalue weighted by atomic mass is 79.9. The molecule has 106 valence electrons. The maximum absolute atomic E-state index is 12.4. The third kappa shape index (κ3) is 3.34. The van der Waals surface area contributed by atoms with Crippen LogP contribution < -0.4 is 10.5 Å². The molecule has 0 aromatic heterocycles. The van der Waals surface area contributed by atoms with E-state index in [0.717, 1.165) is 14.5 Å². The molecule has 0 fully saturated rings. The van der Waals surface area contributed by atoms with Crippen molar-refractivity contribution in [2.45, 2.75) is 11.8 Å². The largest absolute Gasteiger partial charge is 0.398 e. The van der Waals surface area contributed by atoms with Gasteiger partial charge in [0, 0.05) is 8.95 Å². The summed E-state index contributed by atoms with van der Waals surface area (Å²) < 4.78 is 28.9. The summed E-state index contributed by atoms with van der Waals surface area (Å²) in [4.78, 5) is 0.0584. The van der Waals surface area contributed by atoms with Gasteiger partial charge in [0.05, 0.1) is 11.4 Å². The number of rotatable bonds is 3. The highest BCUT2D eigenvalue weighted by Crippen LogP contribution is 2.27. The molecular weight excluding hydrogens is 408 g/mol. The Morgan fingerprint density at radius 2 is 1.65 bits per heavy atom. The van der Waals surface area contributed by atoms with E-state index < -0.39 is 10.0 Å². The van der Waals surface area contributed by atoms with E-state index in [1.54, 1.807) is 24.3 Å². The number of nitrogen functional groups attached to an aromatic ring is 1. The summed E-state index contributed by atoms with van der Waals surface area (Å²) in [6, 6.07) is 9.98. The third-order valence-corrected chi connectivity index (χ3v) is 5.12. The fourth-order valence-electron chi connectivity index (χ4n) is 1.71. The molecule has 0 spiro atoms. The summed E-state index contributed by atoms with van der Waals surface area (Å²) in [5.41, 5.74) is 7.30. The Morgan fingerprint density at radius 3 is 2.25 bits per heavy atom. The molecule has 2 aromatic rings. The van der Waals surface area contributed by atoms with Crippen LogP contribution in [0.15, 0.2) is 50.2 Å². The van der Waals surface area contributed by atoms with Gasteiger partial charge in [0.1, 0.15) is 4.90 Å². The smallest absolute Gasteiger partial charge is 0.263 e. The molecule has 0 aliphatic carbocycles. The van der Waals surface area contributed by atoms with E-state index in [1.807, 2.05) is 13.0 Å². The van der Waals surface area contributed by atoms with E-state index in [1.165, 1.54) is 6.07 Å². The second-order valence-corrected chi connectivity index (χ2v) is 7.73. The first-order chi connectivity index (χ1) is 9.29. The number of nitrogens with two attached hydrogens (primary N) is 1. The van der Waals surface area contributed by atoms with Gasteiger partial charge in [-0.05, 0) is 48.9 Å². The van der Waals surface area contributed by atoms with Gasteiger partial charge < -0.3 is 5.73 Å². The predicted molar refractivity (Wildman–Crippen MR) is 88.2 cm³/mol. The zero-order valence-corrected chi connectivity index (χ0v) is 14.5. The molecule has 0 atom stereocenters. The van der Waals surface area contributed by atoms with Gasteiger partial charge in [-0.15, -0.1) is 0 Å². The van der Waals surface area contributed by atoms with Crippen molar-refractivity contribution < 1.29 is 8.42 Å². The molecule has 0 unspecified atom stereocenters. The highest BCUT2D eigenvalue weighted by molar-refractivity contribution is 9.10. The van der Waals surface area contributed by atoms with Gasteiger partial charge in [-0.1, -0.05) is 31.9 Å². The molecule has 0 heterocycles. The van der Waals surface area contributed by atoms with Gasteiger partial charge >= 0.3 is 0 Å². The number of anilines is 2. The zero-order chi connectivity index (χ0) is 14.9. The van der Waals surface area contributed by atoms with Crippen LogP contribution in [0, 0.1) is 6.92 Å². The number of benzene rings is 2. The van der Waals surface area contributed by atoms with Crippen LogP contribution in [0.2, 0.25) is 0 Å². The molecule has 0 amide bonds. The van der Waals surface area contributed by atoms with Crippen LogP contribution >= 0.6 is 31.9 Å². The molecule has 3 N–H and O–H groups in total. The second-order valence-electron chi connectivity index (χ2n) is 4.25. The summed E-state index contributed by atoms with van der Waals surface area (Å²) in [6.07, 6.45) is 0. The lowest BCUT2D eigenvalue weighted by Gasteiger charge is -2.12. The first-order valence-corrected chi connectivity index (χ1v) is 8.70. The Hall–Kier alpha value is -1.05. The number of nitrogens with one attached hydrogen (secondary N) is 1. The maximum atomic E-state index is 12.4. The maximum Gasteiger partial charge on any atom is 0.263 e. The number of aryl methyl sites for hydroxylation is 1. The molecule has 0 saturated carbocycles. The Bertz CT molecular complexity index is 761. The SMILES string of the molecule is Cc1cc(Br)ccc1NS(=O)(=O)c1ccc(Br)cc1N. The standard InChI is InChI=1S/C13H12Br2N2O2S/c1-8-6-9(14)2-4-12(8)17-20(18,19)13-5-3-10(15)7-11(13)16/h2-7,17H,16H2,1H3. The molecule has 0 aliphatic heterocycles. The second kappa shape index (κ2) is 5.75. The normalized spacial score (nSPS) is 11.3. The van der Waals surface area contributed by atoms with Crippen molar-refractivity contribution in [2.75, 3.05) is 10.5 Å². The van der Waals surface area contributed by atoms with Crippen molar-refractivity contribution in [3.8, 4) is 0 Å². The van der Waals surface area contributed by atoms with Crippen LogP contribution in [-0.4, -0.2) is 8.42 Å². The first kappa shape index (κ1) is 15.3. The average molecular weight is 420 g/mol. The lowest BCUT2D eigenvalue weighted by molar-refractivity contribution is 0.601. The lowest BCUT2D eigenvalue weighted by Crippen LogP contribution is -2.15. The minimum atomic E-state index is -3.71. The van der Waals surface area contributed by atoms with Crippen molar-refractivity contribution in [1.29, 1.82) is 0 Å². The summed E-state index contributed by atoms with van der Waals surface area (Å²) in [6.45, 7) is 1.83. The molecule has 0 saturated heterocycles. The van der Waals surface area contributed by atoms with E-state index in [2.05, 4.69) is 36.6 Å². The molecule has 20 heavy (non-hydrogen) atoms. The fraction of sp³-hybridized carbons (Fsp3) is 0.0769. The quantitative estimate of drug-likeness (QED) is 0.741. The van der Waals surface area contributed by atoms with Gasteiger partial charge in [0.25, 0.3) is 10.0 Å². The first-order valence-electron chi connectivity index (χ1n) is 5.63. The number of hydrogen-bond acceptors (Lipinski definition) is 3. The van der Waals surface area contributed by atoms with E-state index >= 15 is 0 Å². The van der Waals surface area contributed by atoms with Crippen LogP contribution in [0.25, 0.3) is 0 Å². The third-order valence-electron chi connectivity index (χ3n) is 2.69. The minimum Gasteiger partial charge on any atom is -0.398 e. The zero-order valence-electron chi connectivity index (χ0n) is 10.5. The van der Waals surface area contributed by atoms with Gasteiger partial charge in [0.2, 0.25) is 0 Å². The van der Waals surface area contributed by atoms with Crippen molar-refractivity contribution in [2.24, 2.45) is 0 Å². The van der Waals surface area contributed by atoms with Crippen LogP contribution in [0.1, 0.15) is 5.56 Å². The van der Waals surface area contributed by atoms with Crippen LogP contribution in [0.5, 0.6) is 0 Å². The molecular formula is C13H12Br2N2O2S. The summed E-state index contributed by atoms with van der Waals surface area (Å²) in [7, 11) is -3.71. The van der Waals surface area contributed by atoms with Gasteiger partial charge in [-0.2, -0.15) is 0 Å². The predicted octanol–water partition coefficient (Wildman–Crippen LogP) is 3.90. The van der Waals surface area contributed by atoms with E-state index in [-0.39, 0.29) is 10.6 Å². The Labute approximate surface area is 134 Å². The molecule has 2 rings (SSSR count). The van der Waals surface area contributed by atoms with E-state index in [4.69, 9.17) is 5.73 Å². The Morgan fingerprint density at radius 1 is 1.05 bits per heavy atom. The van der Waals surface area contributed by atoms with Crippen LogP contribution in [0.4, 0.5) is 11.4 Å². The van der Waals surface area contributed by atoms with Crippen LogP contribution in [-0.2, 0) is 10.0 Å². The summed E-state index contributed by atoms with van der Waals surface area (Å²) in [5.74, 6) is 0. The molecule has 0 bridgehead atoms. The molecule has 0 aliphatic rings. The van der Waals surface area contributed by atoms with Gasteiger partial charge in [0.15, 0.2) is 0 Å². The molecule has 2 aromatic carbocycles. The highest BCUT2D eigenvalue weighted by Gasteiger charge is 2.18. The molecule has 4 nitrogen and oxygen atoms in total. The van der Waals surface area contributed by atoms with Gasteiger partial charge in [-0.3, -0.25) is 4.72 Å². The fourth-order valence-corrected chi connectivity index (χ4v) is 3.80. The van der Waals surface area contributed by atoms with Crippen molar-refractivity contribution >= 4 is 53.3 Å². The topological polar surface area (TPSA) is 72.2 Å². The number of sulfonamides is 1. The monoisotopic (exact) mass is 418 g/mol. The lowest BCUT2D eigenvalue weighted by atomic mass is 10.2. The number of halogens is 2. The van der Waals surface area contributed by atoms with Crippen molar-refractivity contribution in [3.05, 3.63) is 50.9 Å². The Balaban J connectivity index is 2.41. The van der Waals surface area contributed by atoms with Crippen molar-refractivity contribution in [3.63, 3.8) is 0 Å². The van der Waals surface area contributed by atoms with E-state index in [9.17, 15) is 8.42 Å².